The number of anilines is 1. The van der Waals surface area contributed by atoms with E-state index in [-0.39, 0.29) is 0 Å². The van der Waals surface area contributed by atoms with Gasteiger partial charge in [0.15, 0.2) is 0 Å². The Bertz CT molecular complexity index is 685. The van der Waals surface area contributed by atoms with E-state index in [0.717, 1.165) is 26.1 Å². The van der Waals surface area contributed by atoms with E-state index < -0.39 is 0 Å². The standard InChI is InChI=1S/C26H40N2/c1-8-28(26-15-13-25(14-16-26)21(4)5)22(6)19-27(7)18-17-23-9-11-24(12-10-23)20(2)3/h9-16,20-22H,8,17-19H2,1-7H3. The first-order valence-corrected chi connectivity index (χ1v) is 11.0. The summed E-state index contributed by atoms with van der Waals surface area (Å²) in [4.78, 5) is 4.98. The van der Waals surface area contributed by atoms with Crippen molar-refractivity contribution in [2.24, 2.45) is 0 Å². The van der Waals surface area contributed by atoms with Crippen molar-refractivity contribution in [1.29, 1.82) is 0 Å². The zero-order valence-electron chi connectivity index (χ0n) is 19.1. The molecule has 0 amide bonds. The van der Waals surface area contributed by atoms with Crippen LogP contribution < -0.4 is 4.90 Å². The maximum absolute atomic E-state index is 2.51. The summed E-state index contributed by atoms with van der Waals surface area (Å²) >= 11 is 0. The number of benzene rings is 2. The van der Waals surface area contributed by atoms with Crippen molar-refractivity contribution < 1.29 is 0 Å². The normalized spacial score (nSPS) is 12.8. The lowest BCUT2D eigenvalue weighted by Crippen LogP contribution is -2.41. The van der Waals surface area contributed by atoms with Gasteiger partial charge in [-0.3, -0.25) is 0 Å². The van der Waals surface area contributed by atoms with Crippen molar-refractivity contribution in [2.75, 3.05) is 31.6 Å². The fraction of sp³-hybridized carbons (Fsp3) is 0.538. The smallest absolute Gasteiger partial charge is 0.0388 e. The van der Waals surface area contributed by atoms with Gasteiger partial charge >= 0.3 is 0 Å². The molecule has 0 fully saturated rings. The van der Waals surface area contributed by atoms with Gasteiger partial charge in [-0.05, 0) is 68.0 Å². The molecule has 0 saturated heterocycles. The highest BCUT2D eigenvalue weighted by atomic mass is 15.2. The van der Waals surface area contributed by atoms with Crippen molar-refractivity contribution in [3.63, 3.8) is 0 Å². The van der Waals surface area contributed by atoms with E-state index in [1.165, 1.54) is 22.4 Å². The average molecular weight is 381 g/mol. The lowest BCUT2D eigenvalue weighted by molar-refractivity contribution is 0.315. The van der Waals surface area contributed by atoms with Crippen LogP contribution in [-0.4, -0.2) is 37.6 Å². The molecule has 2 rings (SSSR count). The van der Waals surface area contributed by atoms with Crippen LogP contribution in [0, 0.1) is 0 Å². The first kappa shape index (κ1) is 22.5. The Morgan fingerprint density at radius 3 is 1.71 bits per heavy atom. The Hall–Kier alpha value is -1.80. The third kappa shape index (κ3) is 6.38. The molecule has 2 nitrogen and oxygen atoms in total. The summed E-state index contributed by atoms with van der Waals surface area (Å²) in [6, 6.07) is 18.8. The van der Waals surface area contributed by atoms with Crippen LogP contribution in [0.1, 0.15) is 70.1 Å². The van der Waals surface area contributed by atoms with Gasteiger partial charge in [-0.2, -0.15) is 0 Å². The molecule has 1 unspecified atom stereocenters. The quantitative estimate of drug-likeness (QED) is 0.476. The lowest BCUT2D eigenvalue weighted by Gasteiger charge is -2.33. The first-order chi connectivity index (χ1) is 13.3. The molecule has 0 N–H and O–H groups in total. The first-order valence-electron chi connectivity index (χ1n) is 11.0. The molecule has 0 spiro atoms. The second-order valence-corrected chi connectivity index (χ2v) is 8.79. The summed E-state index contributed by atoms with van der Waals surface area (Å²) in [5.74, 6) is 1.19. The Morgan fingerprint density at radius 2 is 1.25 bits per heavy atom. The van der Waals surface area contributed by atoms with Crippen LogP contribution >= 0.6 is 0 Å². The zero-order valence-corrected chi connectivity index (χ0v) is 19.1. The van der Waals surface area contributed by atoms with E-state index in [0.29, 0.717) is 17.9 Å². The van der Waals surface area contributed by atoms with Gasteiger partial charge in [-0.25, -0.2) is 0 Å². The molecule has 2 heteroatoms. The SMILES string of the molecule is CCN(c1ccc(C(C)C)cc1)C(C)CN(C)CCc1ccc(C(C)C)cc1. The van der Waals surface area contributed by atoms with E-state index >= 15 is 0 Å². The molecule has 0 aliphatic heterocycles. The highest BCUT2D eigenvalue weighted by Gasteiger charge is 2.15. The van der Waals surface area contributed by atoms with E-state index in [4.69, 9.17) is 0 Å². The predicted octanol–water partition coefficient (Wildman–Crippen LogP) is 6.32. The van der Waals surface area contributed by atoms with E-state index in [1.807, 2.05) is 0 Å². The van der Waals surface area contributed by atoms with Gasteiger partial charge in [0.2, 0.25) is 0 Å². The van der Waals surface area contributed by atoms with Crippen LogP contribution in [0.15, 0.2) is 48.5 Å². The molecular weight excluding hydrogens is 340 g/mol. The Morgan fingerprint density at radius 1 is 0.750 bits per heavy atom. The Kier molecular flexibility index (Phi) is 8.57. The highest BCUT2D eigenvalue weighted by Crippen LogP contribution is 2.22. The minimum atomic E-state index is 0.489. The molecule has 1 atom stereocenters. The fourth-order valence-electron chi connectivity index (χ4n) is 3.83. The summed E-state index contributed by atoms with van der Waals surface area (Å²) < 4.78 is 0. The van der Waals surface area contributed by atoms with Gasteiger partial charge in [-0.15, -0.1) is 0 Å². The van der Waals surface area contributed by atoms with Gasteiger partial charge in [-0.1, -0.05) is 64.1 Å². The van der Waals surface area contributed by atoms with Crippen molar-refractivity contribution in [2.45, 2.75) is 65.8 Å². The molecule has 2 aromatic carbocycles. The summed E-state index contributed by atoms with van der Waals surface area (Å²) in [5.41, 5.74) is 5.60. The summed E-state index contributed by atoms with van der Waals surface area (Å²) in [6.45, 7) is 16.8. The molecule has 0 heterocycles. The van der Waals surface area contributed by atoms with Gasteiger partial charge < -0.3 is 9.80 Å². The van der Waals surface area contributed by atoms with E-state index in [9.17, 15) is 0 Å². The third-order valence-corrected chi connectivity index (χ3v) is 5.77. The second-order valence-electron chi connectivity index (χ2n) is 8.79. The molecule has 28 heavy (non-hydrogen) atoms. The molecule has 0 aliphatic carbocycles. The molecule has 0 radical (unpaired) electrons. The summed E-state index contributed by atoms with van der Waals surface area (Å²) in [7, 11) is 2.24. The number of rotatable bonds is 10. The average Bonchev–Trinajstić information content (AvgIpc) is 2.67. The third-order valence-electron chi connectivity index (χ3n) is 5.77. The molecular formula is C26H40N2. The van der Waals surface area contributed by atoms with E-state index in [2.05, 4.69) is 107 Å². The summed E-state index contributed by atoms with van der Waals surface area (Å²) in [5, 5.41) is 0. The van der Waals surface area contributed by atoms with Gasteiger partial charge in [0.05, 0.1) is 0 Å². The van der Waals surface area contributed by atoms with Crippen molar-refractivity contribution in [1.82, 2.24) is 4.90 Å². The number of likely N-dealkylation sites (N-methyl/N-ethyl adjacent to an activating group) is 2. The molecule has 0 aliphatic rings. The van der Waals surface area contributed by atoms with Crippen molar-refractivity contribution in [3.8, 4) is 0 Å². The molecule has 2 aromatic rings. The van der Waals surface area contributed by atoms with Crippen LogP contribution in [0.4, 0.5) is 5.69 Å². The van der Waals surface area contributed by atoms with Gasteiger partial charge in [0.25, 0.3) is 0 Å². The van der Waals surface area contributed by atoms with Crippen LogP contribution in [0.2, 0.25) is 0 Å². The molecule has 0 bridgehead atoms. The van der Waals surface area contributed by atoms with Crippen molar-refractivity contribution >= 4 is 5.69 Å². The van der Waals surface area contributed by atoms with Crippen LogP contribution in [0.3, 0.4) is 0 Å². The maximum atomic E-state index is 2.51. The topological polar surface area (TPSA) is 6.48 Å². The van der Waals surface area contributed by atoms with Crippen molar-refractivity contribution in [3.05, 3.63) is 65.2 Å². The Labute approximate surface area is 173 Å². The lowest BCUT2D eigenvalue weighted by atomic mass is 10.0. The largest absolute Gasteiger partial charge is 0.368 e. The van der Waals surface area contributed by atoms with Gasteiger partial charge in [0.1, 0.15) is 0 Å². The minimum absolute atomic E-state index is 0.489. The number of nitrogens with zero attached hydrogens (tertiary/aromatic N) is 2. The molecule has 154 valence electrons. The highest BCUT2D eigenvalue weighted by molar-refractivity contribution is 5.49. The van der Waals surface area contributed by atoms with E-state index in [1.54, 1.807) is 0 Å². The van der Waals surface area contributed by atoms with Crippen LogP contribution in [0.5, 0.6) is 0 Å². The number of hydrogen-bond acceptors (Lipinski definition) is 2. The van der Waals surface area contributed by atoms with Crippen LogP contribution in [0.25, 0.3) is 0 Å². The summed E-state index contributed by atoms with van der Waals surface area (Å²) in [6.07, 6.45) is 1.11. The van der Waals surface area contributed by atoms with Gasteiger partial charge in [0, 0.05) is 31.4 Å². The molecule has 0 saturated carbocycles. The monoisotopic (exact) mass is 380 g/mol. The maximum Gasteiger partial charge on any atom is 0.0388 e. The minimum Gasteiger partial charge on any atom is -0.368 e. The predicted molar refractivity (Wildman–Crippen MR) is 125 cm³/mol. The fourth-order valence-corrected chi connectivity index (χ4v) is 3.83. The zero-order chi connectivity index (χ0) is 20.7. The molecule has 0 aromatic heterocycles. The second kappa shape index (κ2) is 10.7. The number of hydrogen-bond donors (Lipinski definition) is 0. The Balaban J connectivity index is 1.89. The van der Waals surface area contributed by atoms with Crippen LogP contribution in [-0.2, 0) is 6.42 Å².